The Kier molecular flexibility index (Phi) is 5.11. The number of thiazole rings is 1. The predicted octanol–water partition coefficient (Wildman–Crippen LogP) is 4.67. The average Bonchev–Trinajstić information content (AvgIpc) is 3.23. The van der Waals surface area contributed by atoms with Gasteiger partial charge in [0.1, 0.15) is 10.8 Å². The summed E-state index contributed by atoms with van der Waals surface area (Å²) in [5.74, 6) is 0.724. The molecule has 1 aromatic carbocycles. The minimum absolute atomic E-state index is 0.0615. The summed E-state index contributed by atoms with van der Waals surface area (Å²) in [6.07, 6.45) is 6.65. The number of hydrogen-bond acceptors (Lipinski definition) is 5. The van der Waals surface area contributed by atoms with Gasteiger partial charge in [-0.2, -0.15) is 0 Å². The Morgan fingerprint density at radius 1 is 1.22 bits per heavy atom. The van der Waals surface area contributed by atoms with Gasteiger partial charge in [0.25, 0.3) is 0 Å². The highest BCUT2D eigenvalue weighted by atomic mass is 32.1. The van der Waals surface area contributed by atoms with Crippen LogP contribution in [0.25, 0.3) is 11.3 Å². The summed E-state index contributed by atoms with van der Waals surface area (Å²) in [6.45, 7) is 2.62. The lowest BCUT2D eigenvalue weighted by Crippen LogP contribution is -2.41. The first kappa shape index (κ1) is 17.6. The summed E-state index contributed by atoms with van der Waals surface area (Å²) in [7, 11) is 0. The molecular weight excluding hydrogens is 358 g/mol. The zero-order chi connectivity index (χ0) is 18.6. The third-order valence-electron chi connectivity index (χ3n) is 4.69. The number of aromatic nitrogens is 3. The Hall–Kier alpha value is -2.80. The number of anilines is 1. The number of nitrogens with one attached hydrogen (secondary N) is 1. The second kappa shape index (κ2) is 7.84. The molecule has 0 bridgehead atoms. The molecule has 3 aromatic rings. The molecule has 0 radical (unpaired) electrons. The van der Waals surface area contributed by atoms with Crippen molar-refractivity contribution in [2.45, 2.75) is 32.2 Å². The molecule has 0 saturated carbocycles. The van der Waals surface area contributed by atoms with Crippen molar-refractivity contribution in [3.05, 3.63) is 58.9 Å². The molecule has 27 heavy (non-hydrogen) atoms. The second-order valence-electron chi connectivity index (χ2n) is 6.58. The summed E-state index contributed by atoms with van der Waals surface area (Å²) in [4.78, 5) is 27.9. The topological polar surface area (TPSA) is 71.0 Å². The quantitative estimate of drug-likeness (QED) is 0.718. The second-order valence-corrected chi connectivity index (χ2v) is 7.50. The van der Waals surface area contributed by atoms with E-state index in [4.69, 9.17) is 0 Å². The van der Waals surface area contributed by atoms with E-state index >= 15 is 0 Å². The number of hydrogen-bond donors (Lipinski definition) is 1. The molecule has 1 unspecified atom stereocenters. The standard InChI is InChI=1S/C20H21N5OS/c1-14-21-9-8-17(23-14)15-5-4-6-16(13-15)24-20(26)25-11-3-2-7-18(25)19-22-10-12-27-19/h4-6,8-10,12-13,18H,2-3,7,11H2,1H3,(H,24,26). The largest absolute Gasteiger partial charge is 0.322 e. The van der Waals surface area contributed by atoms with Crippen LogP contribution in [0.3, 0.4) is 0 Å². The molecule has 2 amide bonds. The Morgan fingerprint density at radius 3 is 2.96 bits per heavy atom. The highest BCUT2D eigenvalue weighted by Gasteiger charge is 2.29. The Labute approximate surface area is 162 Å². The fourth-order valence-electron chi connectivity index (χ4n) is 3.40. The molecule has 7 heteroatoms. The van der Waals surface area contributed by atoms with Gasteiger partial charge >= 0.3 is 6.03 Å². The fourth-order valence-corrected chi connectivity index (χ4v) is 4.18. The van der Waals surface area contributed by atoms with Gasteiger partial charge in [0.15, 0.2) is 0 Å². The van der Waals surface area contributed by atoms with Crippen molar-refractivity contribution in [3.8, 4) is 11.3 Å². The summed E-state index contributed by atoms with van der Waals surface area (Å²) < 4.78 is 0. The zero-order valence-corrected chi connectivity index (χ0v) is 15.9. The maximum Gasteiger partial charge on any atom is 0.322 e. The molecule has 1 aliphatic heterocycles. The Bertz CT molecular complexity index is 928. The number of likely N-dealkylation sites (tertiary alicyclic amines) is 1. The van der Waals surface area contributed by atoms with Crippen molar-refractivity contribution in [2.24, 2.45) is 0 Å². The van der Waals surface area contributed by atoms with E-state index in [-0.39, 0.29) is 12.1 Å². The third-order valence-corrected chi connectivity index (χ3v) is 5.56. The van der Waals surface area contributed by atoms with Gasteiger partial charge in [0, 0.05) is 35.6 Å². The molecule has 0 spiro atoms. The summed E-state index contributed by atoms with van der Waals surface area (Å²) in [5.41, 5.74) is 2.56. The van der Waals surface area contributed by atoms with Crippen molar-refractivity contribution in [3.63, 3.8) is 0 Å². The molecule has 1 N–H and O–H groups in total. The van der Waals surface area contributed by atoms with Crippen molar-refractivity contribution >= 4 is 23.1 Å². The van der Waals surface area contributed by atoms with E-state index in [1.165, 1.54) is 0 Å². The lowest BCUT2D eigenvalue weighted by Gasteiger charge is -2.34. The van der Waals surface area contributed by atoms with Crippen molar-refractivity contribution in [1.82, 2.24) is 19.9 Å². The van der Waals surface area contributed by atoms with Crippen LogP contribution in [0.2, 0.25) is 0 Å². The van der Waals surface area contributed by atoms with E-state index < -0.39 is 0 Å². The molecule has 1 atom stereocenters. The van der Waals surface area contributed by atoms with Crippen LogP contribution in [0.4, 0.5) is 10.5 Å². The average molecular weight is 379 g/mol. The molecule has 1 aliphatic rings. The van der Waals surface area contributed by atoms with Gasteiger partial charge in [-0.15, -0.1) is 11.3 Å². The lowest BCUT2D eigenvalue weighted by molar-refractivity contribution is 0.163. The monoisotopic (exact) mass is 379 g/mol. The Balaban J connectivity index is 1.53. The van der Waals surface area contributed by atoms with E-state index in [0.29, 0.717) is 0 Å². The number of benzene rings is 1. The molecule has 3 heterocycles. The van der Waals surface area contributed by atoms with Crippen molar-refractivity contribution < 1.29 is 4.79 Å². The highest BCUT2D eigenvalue weighted by molar-refractivity contribution is 7.09. The number of piperidine rings is 1. The highest BCUT2D eigenvalue weighted by Crippen LogP contribution is 2.32. The van der Waals surface area contributed by atoms with Gasteiger partial charge in [-0.25, -0.2) is 19.7 Å². The number of carbonyl (C=O) groups excluding carboxylic acids is 1. The number of amides is 2. The normalized spacial score (nSPS) is 16.9. The Morgan fingerprint density at radius 2 is 2.15 bits per heavy atom. The molecule has 1 fully saturated rings. The molecule has 4 rings (SSSR count). The van der Waals surface area contributed by atoms with E-state index in [0.717, 1.165) is 53.6 Å². The zero-order valence-electron chi connectivity index (χ0n) is 15.1. The van der Waals surface area contributed by atoms with Gasteiger partial charge in [0.05, 0.1) is 11.7 Å². The third kappa shape index (κ3) is 3.98. The summed E-state index contributed by atoms with van der Waals surface area (Å²) >= 11 is 1.61. The van der Waals surface area contributed by atoms with Crippen LogP contribution in [-0.4, -0.2) is 32.4 Å². The van der Waals surface area contributed by atoms with Crippen LogP contribution in [0.15, 0.2) is 48.1 Å². The summed E-state index contributed by atoms with van der Waals surface area (Å²) in [6, 6.07) is 9.61. The van der Waals surface area contributed by atoms with Crippen LogP contribution in [0.5, 0.6) is 0 Å². The first-order valence-corrected chi connectivity index (χ1v) is 9.96. The van der Waals surface area contributed by atoms with Crippen molar-refractivity contribution in [1.29, 1.82) is 0 Å². The molecule has 1 saturated heterocycles. The number of urea groups is 1. The maximum absolute atomic E-state index is 12.9. The van der Waals surface area contributed by atoms with Crippen LogP contribution in [-0.2, 0) is 0 Å². The first-order valence-electron chi connectivity index (χ1n) is 9.08. The van der Waals surface area contributed by atoms with Crippen LogP contribution in [0, 0.1) is 6.92 Å². The van der Waals surface area contributed by atoms with Gasteiger partial charge in [-0.1, -0.05) is 12.1 Å². The van der Waals surface area contributed by atoms with E-state index in [1.54, 1.807) is 23.7 Å². The lowest BCUT2D eigenvalue weighted by atomic mass is 10.0. The van der Waals surface area contributed by atoms with E-state index in [9.17, 15) is 4.79 Å². The van der Waals surface area contributed by atoms with Crippen molar-refractivity contribution in [2.75, 3.05) is 11.9 Å². The minimum atomic E-state index is -0.0779. The number of aryl methyl sites for hydroxylation is 1. The van der Waals surface area contributed by atoms with E-state index in [2.05, 4.69) is 20.3 Å². The van der Waals surface area contributed by atoms with Crippen LogP contribution >= 0.6 is 11.3 Å². The minimum Gasteiger partial charge on any atom is -0.315 e. The first-order chi connectivity index (χ1) is 13.2. The summed E-state index contributed by atoms with van der Waals surface area (Å²) in [5, 5.41) is 6.02. The van der Waals surface area contributed by atoms with Gasteiger partial charge in [-0.05, 0) is 44.4 Å². The smallest absolute Gasteiger partial charge is 0.315 e. The molecule has 138 valence electrons. The number of nitrogens with zero attached hydrogens (tertiary/aromatic N) is 4. The maximum atomic E-state index is 12.9. The molecule has 2 aromatic heterocycles. The number of carbonyl (C=O) groups is 1. The van der Waals surface area contributed by atoms with Crippen LogP contribution in [0.1, 0.15) is 36.1 Å². The van der Waals surface area contributed by atoms with Crippen LogP contribution < -0.4 is 5.32 Å². The SMILES string of the molecule is Cc1nccc(-c2cccc(NC(=O)N3CCCCC3c3nccs3)c2)n1. The molecular formula is C20H21N5OS. The van der Waals surface area contributed by atoms with Gasteiger partial charge in [-0.3, -0.25) is 0 Å². The van der Waals surface area contributed by atoms with E-state index in [1.807, 2.05) is 47.5 Å². The predicted molar refractivity (Wildman–Crippen MR) is 107 cm³/mol. The number of rotatable bonds is 3. The molecule has 0 aliphatic carbocycles. The van der Waals surface area contributed by atoms with Gasteiger partial charge < -0.3 is 10.2 Å². The molecule has 6 nitrogen and oxygen atoms in total. The fraction of sp³-hybridized carbons (Fsp3) is 0.300. The van der Waals surface area contributed by atoms with Gasteiger partial charge in [0.2, 0.25) is 0 Å².